The molecule has 0 saturated carbocycles. The van der Waals surface area contributed by atoms with Crippen LogP contribution in [0, 0.1) is 5.92 Å². The molecule has 1 aliphatic heterocycles. The van der Waals surface area contributed by atoms with Crippen LogP contribution in [0.25, 0.3) is 0 Å². The molecule has 3 atom stereocenters. The minimum Gasteiger partial charge on any atom is -0.315 e. The highest BCUT2D eigenvalue weighted by Gasteiger charge is 2.39. The van der Waals surface area contributed by atoms with Gasteiger partial charge in [-0.25, -0.2) is 0 Å². The van der Waals surface area contributed by atoms with E-state index in [0.717, 1.165) is 5.92 Å². The van der Waals surface area contributed by atoms with E-state index in [1.54, 1.807) is 0 Å². The lowest BCUT2D eigenvalue weighted by molar-refractivity contribution is 0.305. The largest absolute Gasteiger partial charge is 0.315 e. The quantitative estimate of drug-likeness (QED) is 0.755. The first-order valence-electron chi connectivity index (χ1n) is 5.95. The first-order chi connectivity index (χ1) is 6.64. The van der Waals surface area contributed by atoms with E-state index in [9.17, 15) is 0 Å². The van der Waals surface area contributed by atoms with Crippen LogP contribution in [-0.4, -0.2) is 23.6 Å². The van der Waals surface area contributed by atoms with Crippen LogP contribution >= 0.6 is 11.8 Å². The molecule has 0 aromatic carbocycles. The summed E-state index contributed by atoms with van der Waals surface area (Å²) < 4.78 is 0.489. The van der Waals surface area contributed by atoms with Crippen molar-refractivity contribution in [3.05, 3.63) is 0 Å². The van der Waals surface area contributed by atoms with Crippen LogP contribution in [0.15, 0.2) is 0 Å². The number of nitrogens with one attached hydrogen (secondary N) is 1. The van der Waals surface area contributed by atoms with E-state index in [1.165, 1.54) is 31.4 Å². The number of hydrogen-bond acceptors (Lipinski definition) is 2. The van der Waals surface area contributed by atoms with Gasteiger partial charge in [-0.2, -0.15) is 11.8 Å². The third-order valence-electron chi connectivity index (χ3n) is 3.53. The molecule has 0 radical (unpaired) electrons. The van der Waals surface area contributed by atoms with E-state index >= 15 is 0 Å². The van der Waals surface area contributed by atoms with Crippen LogP contribution < -0.4 is 5.32 Å². The average Bonchev–Trinajstić information content (AvgIpc) is 2.54. The van der Waals surface area contributed by atoms with Crippen LogP contribution in [0.3, 0.4) is 0 Å². The Bertz CT molecular complexity index is 164. The van der Waals surface area contributed by atoms with E-state index in [-0.39, 0.29) is 0 Å². The van der Waals surface area contributed by atoms with Gasteiger partial charge in [0.2, 0.25) is 0 Å². The summed E-state index contributed by atoms with van der Waals surface area (Å²) >= 11 is 2.17. The summed E-state index contributed by atoms with van der Waals surface area (Å²) in [6, 6.07) is 0.690. The van der Waals surface area contributed by atoms with Crippen molar-refractivity contribution in [1.29, 1.82) is 0 Å². The molecule has 0 aromatic heterocycles. The molecule has 0 aliphatic carbocycles. The Morgan fingerprint density at radius 2 is 2.21 bits per heavy atom. The molecule has 1 heterocycles. The third kappa shape index (κ3) is 2.66. The fourth-order valence-corrected chi connectivity index (χ4v) is 4.43. The Morgan fingerprint density at radius 1 is 1.50 bits per heavy atom. The Labute approximate surface area is 93.4 Å². The Hall–Kier alpha value is 0.310. The highest BCUT2D eigenvalue weighted by molar-refractivity contribution is 8.00. The molecule has 1 saturated heterocycles. The van der Waals surface area contributed by atoms with E-state index in [0.29, 0.717) is 10.8 Å². The van der Waals surface area contributed by atoms with Gasteiger partial charge in [0.15, 0.2) is 0 Å². The molecule has 1 rings (SSSR count). The highest BCUT2D eigenvalue weighted by Crippen LogP contribution is 2.43. The maximum Gasteiger partial charge on any atom is 0.0287 e. The molecule has 1 aliphatic rings. The van der Waals surface area contributed by atoms with Crippen LogP contribution in [0.1, 0.15) is 46.5 Å². The predicted octanol–water partition coefficient (Wildman–Crippen LogP) is 3.30. The smallest absolute Gasteiger partial charge is 0.0287 e. The molecule has 14 heavy (non-hydrogen) atoms. The van der Waals surface area contributed by atoms with Crippen LogP contribution in [0.2, 0.25) is 0 Å². The summed E-state index contributed by atoms with van der Waals surface area (Å²) in [6.45, 7) is 7.13. The summed E-state index contributed by atoms with van der Waals surface area (Å²) in [6.07, 6.45) is 5.44. The number of rotatable bonds is 5. The Kier molecular flexibility index (Phi) is 4.78. The first kappa shape index (κ1) is 12.4. The predicted molar refractivity (Wildman–Crippen MR) is 67.0 cm³/mol. The number of thioether (sulfide) groups is 1. The zero-order valence-electron chi connectivity index (χ0n) is 10.1. The van der Waals surface area contributed by atoms with Gasteiger partial charge >= 0.3 is 0 Å². The zero-order valence-corrected chi connectivity index (χ0v) is 10.9. The molecule has 1 nitrogen and oxygen atoms in total. The van der Waals surface area contributed by atoms with Gasteiger partial charge in [-0.05, 0) is 44.9 Å². The zero-order chi connectivity index (χ0) is 10.6. The van der Waals surface area contributed by atoms with Gasteiger partial charge < -0.3 is 5.32 Å². The topological polar surface area (TPSA) is 12.0 Å². The van der Waals surface area contributed by atoms with Crippen molar-refractivity contribution in [3.8, 4) is 0 Å². The van der Waals surface area contributed by atoms with Crippen molar-refractivity contribution in [1.82, 2.24) is 5.32 Å². The SMILES string of the molecule is CCCC(C)C(NC)C1(C)CCCS1. The lowest BCUT2D eigenvalue weighted by Gasteiger charge is -2.37. The van der Waals surface area contributed by atoms with Crippen molar-refractivity contribution in [2.24, 2.45) is 5.92 Å². The second-order valence-corrected chi connectivity index (χ2v) is 6.43. The molecule has 0 amide bonds. The van der Waals surface area contributed by atoms with E-state index in [4.69, 9.17) is 0 Å². The summed E-state index contributed by atoms with van der Waals surface area (Å²) in [5.41, 5.74) is 0. The van der Waals surface area contributed by atoms with Crippen molar-refractivity contribution < 1.29 is 0 Å². The molecule has 1 N–H and O–H groups in total. The summed E-state index contributed by atoms with van der Waals surface area (Å²) in [7, 11) is 2.13. The van der Waals surface area contributed by atoms with Crippen molar-refractivity contribution in [3.63, 3.8) is 0 Å². The molecule has 84 valence electrons. The van der Waals surface area contributed by atoms with Crippen LogP contribution in [-0.2, 0) is 0 Å². The molecule has 0 aromatic rings. The lowest BCUT2D eigenvalue weighted by atomic mass is 9.85. The lowest BCUT2D eigenvalue weighted by Crippen LogP contribution is -2.47. The van der Waals surface area contributed by atoms with Gasteiger partial charge in [-0.3, -0.25) is 0 Å². The molecule has 0 spiro atoms. The number of hydrogen-bond donors (Lipinski definition) is 1. The van der Waals surface area contributed by atoms with Crippen LogP contribution in [0.5, 0.6) is 0 Å². The van der Waals surface area contributed by atoms with Crippen molar-refractivity contribution >= 4 is 11.8 Å². The fraction of sp³-hybridized carbons (Fsp3) is 1.00. The highest BCUT2D eigenvalue weighted by atomic mass is 32.2. The minimum atomic E-state index is 0.489. The van der Waals surface area contributed by atoms with E-state index in [2.05, 4.69) is 44.9 Å². The maximum atomic E-state index is 3.55. The average molecular weight is 215 g/mol. The normalized spacial score (nSPS) is 31.7. The third-order valence-corrected chi connectivity index (χ3v) is 5.14. The van der Waals surface area contributed by atoms with Crippen molar-refractivity contribution in [2.45, 2.75) is 57.2 Å². The standard InChI is InChI=1S/C12H25NS/c1-5-7-10(2)11(13-4)12(3)8-6-9-14-12/h10-11,13H,5-9H2,1-4H3. The van der Waals surface area contributed by atoms with Gasteiger partial charge in [-0.15, -0.1) is 0 Å². The summed E-state index contributed by atoms with van der Waals surface area (Å²) in [5, 5.41) is 3.55. The Balaban J connectivity index is 2.59. The fourth-order valence-electron chi connectivity index (χ4n) is 2.86. The van der Waals surface area contributed by atoms with Crippen molar-refractivity contribution in [2.75, 3.05) is 12.8 Å². The molecule has 1 fully saturated rings. The second-order valence-electron chi connectivity index (χ2n) is 4.80. The minimum absolute atomic E-state index is 0.489. The molecule has 3 unspecified atom stereocenters. The molecular formula is C12H25NS. The van der Waals surface area contributed by atoms with Gasteiger partial charge in [-0.1, -0.05) is 20.3 Å². The summed E-state index contributed by atoms with van der Waals surface area (Å²) in [5.74, 6) is 2.16. The Morgan fingerprint density at radius 3 is 2.64 bits per heavy atom. The molecule has 0 bridgehead atoms. The molecule has 2 heteroatoms. The van der Waals surface area contributed by atoms with Gasteiger partial charge in [0, 0.05) is 10.8 Å². The maximum absolute atomic E-state index is 3.55. The van der Waals surface area contributed by atoms with Gasteiger partial charge in [0.05, 0.1) is 0 Å². The van der Waals surface area contributed by atoms with Gasteiger partial charge in [0.25, 0.3) is 0 Å². The molecular weight excluding hydrogens is 190 g/mol. The van der Waals surface area contributed by atoms with E-state index in [1.807, 2.05) is 0 Å². The first-order valence-corrected chi connectivity index (χ1v) is 6.94. The van der Waals surface area contributed by atoms with Gasteiger partial charge in [0.1, 0.15) is 0 Å². The van der Waals surface area contributed by atoms with E-state index < -0.39 is 0 Å². The second kappa shape index (κ2) is 5.41. The monoisotopic (exact) mass is 215 g/mol. The summed E-state index contributed by atoms with van der Waals surface area (Å²) in [4.78, 5) is 0. The van der Waals surface area contributed by atoms with Crippen LogP contribution in [0.4, 0.5) is 0 Å².